The van der Waals surface area contributed by atoms with Crippen molar-refractivity contribution in [1.29, 1.82) is 0 Å². The van der Waals surface area contributed by atoms with Crippen molar-refractivity contribution < 1.29 is 13.6 Å². The molecule has 0 saturated carbocycles. The molecule has 4 heterocycles. The molecule has 6 rings (SSSR count). The Kier molecular flexibility index (Phi) is 6.52. The summed E-state index contributed by atoms with van der Waals surface area (Å²) >= 11 is 0. The third kappa shape index (κ3) is 4.91. The Bertz CT molecular complexity index is 1860. The van der Waals surface area contributed by atoms with Crippen LogP contribution in [0.4, 0.5) is 25.2 Å². The van der Waals surface area contributed by atoms with Crippen LogP contribution in [0, 0.1) is 11.6 Å². The van der Waals surface area contributed by atoms with E-state index in [1.54, 1.807) is 67.3 Å². The van der Waals surface area contributed by atoms with Gasteiger partial charge in [-0.25, -0.2) is 38.4 Å². The van der Waals surface area contributed by atoms with E-state index in [-0.39, 0.29) is 23.3 Å². The number of amides is 2. The number of hydrogen-bond donors (Lipinski definition) is 2. The Hall–Kier alpha value is -5.71. The first kappa shape index (κ1) is 25.6. The van der Waals surface area contributed by atoms with E-state index >= 15 is 0 Å². The van der Waals surface area contributed by atoms with Crippen LogP contribution in [0.2, 0.25) is 0 Å². The molecule has 9 nitrogen and oxygen atoms in total. The minimum atomic E-state index is -0.789. The van der Waals surface area contributed by atoms with Gasteiger partial charge in [0.2, 0.25) is 0 Å². The molecule has 202 valence electrons. The molecular formula is C30H22F2N8O. The summed E-state index contributed by atoms with van der Waals surface area (Å²) in [5.41, 5.74) is 11.3. The summed E-state index contributed by atoms with van der Waals surface area (Å²) in [5, 5.41) is 0. The Labute approximate surface area is 233 Å². The molecule has 6 aromatic rings. The van der Waals surface area contributed by atoms with Gasteiger partial charge < -0.3 is 15.3 Å². The third-order valence-corrected chi connectivity index (χ3v) is 6.54. The second kappa shape index (κ2) is 10.5. The number of benzene rings is 2. The highest BCUT2D eigenvalue weighted by molar-refractivity contribution is 5.98. The van der Waals surface area contributed by atoms with E-state index < -0.39 is 6.03 Å². The van der Waals surface area contributed by atoms with Gasteiger partial charge in [0, 0.05) is 41.7 Å². The predicted molar refractivity (Wildman–Crippen MR) is 151 cm³/mol. The largest absolute Gasteiger partial charge is 0.351 e. The van der Waals surface area contributed by atoms with E-state index in [0.717, 1.165) is 16.8 Å². The van der Waals surface area contributed by atoms with Gasteiger partial charge in [-0.3, -0.25) is 0 Å². The van der Waals surface area contributed by atoms with Crippen LogP contribution in [0.1, 0.15) is 0 Å². The van der Waals surface area contributed by atoms with Crippen molar-refractivity contribution in [2.75, 3.05) is 4.90 Å². The Morgan fingerprint density at radius 1 is 0.756 bits per heavy atom. The molecule has 4 aromatic heterocycles. The van der Waals surface area contributed by atoms with Crippen LogP contribution < -0.4 is 10.6 Å². The van der Waals surface area contributed by atoms with Crippen LogP contribution >= 0.6 is 0 Å². The topological polar surface area (TPSA) is 119 Å². The van der Waals surface area contributed by atoms with Crippen molar-refractivity contribution in [3.05, 3.63) is 109 Å². The van der Waals surface area contributed by atoms with E-state index in [1.807, 2.05) is 11.6 Å². The van der Waals surface area contributed by atoms with Crippen LogP contribution in [-0.2, 0) is 7.05 Å². The predicted octanol–water partition coefficient (Wildman–Crippen LogP) is 6.10. The van der Waals surface area contributed by atoms with Crippen molar-refractivity contribution >= 4 is 17.7 Å². The van der Waals surface area contributed by atoms with Gasteiger partial charge in [0.05, 0.1) is 35.4 Å². The van der Waals surface area contributed by atoms with Gasteiger partial charge in [0.15, 0.2) is 0 Å². The summed E-state index contributed by atoms with van der Waals surface area (Å²) in [6.07, 6.45) is 6.30. The van der Waals surface area contributed by atoms with Gasteiger partial charge in [-0.15, -0.1) is 0 Å². The zero-order valence-corrected chi connectivity index (χ0v) is 21.7. The number of aromatic amines is 1. The highest BCUT2D eigenvalue weighted by Crippen LogP contribution is 2.35. The average molecular weight is 549 g/mol. The maximum absolute atomic E-state index is 13.6. The van der Waals surface area contributed by atoms with E-state index in [1.165, 1.54) is 35.5 Å². The summed E-state index contributed by atoms with van der Waals surface area (Å²) in [5.74, 6) is -0.215. The number of hydrogen-bond acceptors (Lipinski definition) is 5. The summed E-state index contributed by atoms with van der Waals surface area (Å²) in [4.78, 5) is 34.8. The van der Waals surface area contributed by atoms with Gasteiger partial charge in [-0.05, 0) is 72.8 Å². The lowest BCUT2D eigenvalue weighted by atomic mass is 10.0. The fourth-order valence-corrected chi connectivity index (χ4v) is 4.66. The Balaban J connectivity index is 1.39. The molecule has 2 amide bonds. The number of pyridine rings is 2. The fraction of sp³-hybridized carbons (Fsp3) is 0.0333. The smallest absolute Gasteiger partial charge is 0.326 e. The van der Waals surface area contributed by atoms with Crippen LogP contribution in [-0.4, -0.2) is 35.5 Å². The first-order valence-electron chi connectivity index (χ1n) is 12.5. The molecule has 0 fully saturated rings. The van der Waals surface area contributed by atoms with E-state index in [9.17, 15) is 13.6 Å². The molecule has 0 spiro atoms. The number of rotatable bonds is 6. The fourth-order valence-electron chi connectivity index (χ4n) is 4.66. The second-order valence-electron chi connectivity index (χ2n) is 9.17. The number of urea groups is 1. The van der Waals surface area contributed by atoms with E-state index in [2.05, 4.69) is 24.9 Å². The van der Waals surface area contributed by atoms with Gasteiger partial charge >= 0.3 is 6.03 Å². The lowest BCUT2D eigenvalue weighted by Gasteiger charge is -2.19. The lowest BCUT2D eigenvalue weighted by molar-refractivity contribution is 0.256. The van der Waals surface area contributed by atoms with Crippen molar-refractivity contribution in [1.82, 2.24) is 29.5 Å². The monoisotopic (exact) mass is 548 g/mol. The van der Waals surface area contributed by atoms with Gasteiger partial charge in [0.25, 0.3) is 0 Å². The van der Waals surface area contributed by atoms with Crippen molar-refractivity contribution in [3.63, 3.8) is 0 Å². The molecular weight excluding hydrogens is 526 g/mol. The SMILES string of the molecule is Cn1cnc(-c2ccnc(N(C(N)=O)c3cc(-c4[nH]cnc4-c4ccc(F)cc4)ccn3)c2)c1-c1ccc(F)cc1. The number of aryl methyl sites for hydroxylation is 1. The highest BCUT2D eigenvalue weighted by atomic mass is 19.1. The summed E-state index contributed by atoms with van der Waals surface area (Å²) in [7, 11) is 1.85. The van der Waals surface area contributed by atoms with Crippen LogP contribution in [0.5, 0.6) is 0 Å². The molecule has 0 saturated heterocycles. The molecule has 0 radical (unpaired) electrons. The van der Waals surface area contributed by atoms with Gasteiger partial charge in [-0.1, -0.05) is 0 Å². The molecule has 11 heteroatoms. The zero-order valence-electron chi connectivity index (χ0n) is 21.7. The molecule has 0 atom stereocenters. The molecule has 0 aliphatic heterocycles. The second-order valence-corrected chi connectivity index (χ2v) is 9.17. The molecule has 3 N–H and O–H groups in total. The minimum absolute atomic E-state index is 0.235. The molecule has 0 bridgehead atoms. The van der Waals surface area contributed by atoms with Crippen LogP contribution in [0.15, 0.2) is 97.8 Å². The summed E-state index contributed by atoms with van der Waals surface area (Å²) < 4.78 is 28.9. The number of carbonyl (C=O) groups is 1. The normalized spacial score (nSPS) is 11.0. The number of H-pyrrole nitrogens is 1. The number of anilines is 2. The van der Waals surface area contributed by atoms with Gasteiger partial charge in [0.1, 0.15) is 23.3 Å². The maximum Gasteiger partial charge on any atom is 0.326 e. The first-order chi connectivity index (χ1) is 19.9. The summed E-state index contributed by atoms with van der Waals surface area (Å²) in [6, 6.07) is 18.2. The van der Waals surface area contributed by atoms with E-state index in [0.29, 0.717) is 28.2 Å². The summed E-state index contributed by atoms with van der Waals surface area (Å²) in [6.45, 7) is 0. The van der Waals surface area contributed by atoms with Crippen molar-refractivity contribution in [2.24, 2.45) is 12.8 Å². The van der Waals surface area contributed by atoms with Crippen molar-refractivity contribution in [2.45, 2.75) is 0 Å². The molecule has 0 unspecified atom stereocenters. The number of nitrogens with two attached hydrogens (primary N) is 1. The Morgan fingerprint density at radius 2 is 1.34 bits per heavy atom. The number of nitrogens with one attached hydrogen (secondary N) is 1. The Morgan fingerprint density at radius 3 is 1.98 bits per heavy atom. The maximum atomic E-state index is 13.6. The number of halogens is 2. The number of aromatic nitrogens is 6. The standard InChI is InChI=1S/C30H22F2N8O/c1-39-17-38-28(29(39)19-4-8-23(32)9-5-19)21-11-13-35-25(15-21)40(30(33)41)24-14-20(10-12-34-24)27-26(36-16-37-27)18-2-6-22(31)7-3-18/h2-17H,1H3,(H2,33,41)(H,36,37). The molecule has 41 heavy (non-hydrogen) atoms. The van der Waals surface area contributed by atoms with Gasteiger partial charge in [-0.2, -0.15) is 0 Å². The van der Waals surface area contributed by atoms with Crippen molar-refractivity contribution in [3.8, 4) is 45.0 Å². The number of imidazole rings is 2. The number of primary amides is 1. The van der Waals surface area contributed by atoms with E-state index in [4.69, 9.17) is 5.73 Å². The quantitative estimate of drug-likeness (QED) is 0.261. The molecule has 0 aliphatic carbocycles. The third-order valence-electron chi connectivity index (χ3n) is 6.54. The first-order valence-corrected chi connectivity index (χ1v) is 12.5. The lowest BCUT2D eigenvalue weighted by Crippen LogP contribution is -2.32. The zero-order chi connectivity index (χ0) is 28.5. The van der Waals surface area contributed by atoms with Crippen LogP contribution in [0.25, 0.3) is 45.0 Å². The minimum Gasteiger partial charge on any atom is -0.351 e. The number of nitrogens with zero attached hydrogens (tertiary/aromatic N) is 6. The number of carbonyl (C=O) groups excluding carboxylic acids is 1. The highest BCUT2D eigenvalue weighted by Gasteiger charge is 2.22. The average Bonchev–Trinajstić information content (AvgIpc) is 3.62. The molecule has 2 aromatic carbocycles. The molecule has 0 aliphatic rings. The van der Waals surface area contributed by atoms with Crippen LogP contribution in [0.3, 0.4) is 0 Å².